The van der Waals surface area contributed by atoms with Crippen molar-refractivity contribution in [1.29, 1.82) is 0 Å². The summed E-state index contributed by atoms with van der Waals surface area (Å²) in [5.41, 5.74) is 1.03. The molecule has 0 heterocycles. The third kappa shape index (κ3) is 2.70. The summed E-state index contributed by atoms with van der Waals surface area (Å²) in [7, 11) is 0. The first-order valence-electron chi connectivity index (χ1n) is 5.55. The van der Waals surface area contributed by atoms with Gasteiger partial charge in [-0.3, -0.25) is 0 Å². The van der Waals surface area contributed by atoms with Crippen LogP contribution in [0.1, 0.15) is 34.1 Å². The van der Waals surface area contributed by atoms with Gasteiger partial charge in [-0.1, -0.05) is 37.6 Å². The fourth-order valence-electron chi connectivity index (χ4n) is 2.79. The average Bonchev–Trinajstić information content (AvgIpc) is 1.99. The average molecular weight is 210 g/mol. The predicted molar refractivity (Wildman–Crippen MR) is 62.5 cm³/mol. The minimum atomic E-state index is -0.450. The molecule has 1 rings (SSSR count). The quantitative estimate of drug-likeness (QED) is 0.686. The maximum Gasteiger partial charge on any atom is 0.0791 e. The van der Waals surface area contributed by atoms with Crippen LogP contribution >= 0.6 is 0 Å². The topological polar surface area (TPSA) is 40.5 Å². The zero-order valence-electron chi connectivity index (χ0n) is 10.1. The molecule has 0 aromatic heterocycles. The summed E-state index contributed by atoms with van der Waals surface area (Å²) in [4.78, 5) is 0. The minimum absolute atomic E-state index is 0.0584. The van der Waals surface area contributed by atoms with Gasteiger partial charge >= 0.3 is 0 Å². The summed E-state index contributed by atoms with van der Waals surface area (Å²) in [5, 5.41) is 19.7. The van der Waals surface area contributed by atoms with Crippen LogP contribution in [0.3, 0.4) is 0 Å². The van der Waals surface area contributed by atoms with Crippen molar-refractivity contribution in [1.82, 2.24) is 0 Å². The van der Waals surface area contributed by atoms with Crippen LogP contribution in [-0.2, 0) is 0 Å². The summed E-state index contributed by atoms with van der Waals surface area (Å²) in [5.74, 6) is 0.108. The molecular formula is C13H22O2. The zero-order chi connectivity index (χ0) is 11.6. The van der Waals surface area contributed by atoms with Crippen LogP contribution < -0.4 is 0 Å². The molecule has 0 aliphatic heterocycles. The Balaban J connectivity index is 2.98. The highest BCUT2D eigenvalue weighted by Crippen LogP contribution is 2.43. The van der Waals surface area contributed by atoms with Gasteiger partial charge in [-0.15, -0.1) is 0 Å². The lowest BCUT2D eigenvalue weighted by molar-refractivity contribution is 0.0414. The van der Waals surface area contributed by atoms with Gasteiger partial charge in [-0.05, 0) is 25.7 Å². The summed E-state index contributed by atoms with van der Waals surface area (Å²) < 4.78 is 0. The van der Waals surface area contributed by atoms with Crippen LogP contribution in [0, 0.1) is 11.3 Å². The van der Waals surface area contributed by atoms with Crippen molar-refractivity contribution in [2.45, 2.75) is 46.3 Å². The second kappa shape index (κ2) is 4.50. The summed E-state index contributed by atoms with van der Waals surface area (Å²) in [6, 6.07) is 0. The van der Waals surface area contributed by atoms with Crippen molar-refractivity contribution in [3.05, 3.63) is 23.8 Å². The van der Waals surface area contributed by atoms with E-state index in [-0.39, 0.29) is 17.4 Å². The molecule has 0 saturated heterocycles. The van der Waals surface area contributed by atoms with Crippen molar-refractivity contribution in [2.75, 3.05) is 0 Å². The van der Waals surface area contributed by atoms with E-state index in [9.17, 15) is 10.2 Å². The first-order chi connectivity index (χ1) is 6.88. The highest BCUT2D eigenvalue weighted by atomic mass is 16.3. The highest BCUT2D eigenvalue weighted by Gasteiger charge is 2.39. The SMILES string of the molecule is CC=CC(O)C1C(C)=CC(O)CC1(C)C. The summed E-state index contributed by atoms with van der Waals surface area (Å²) >= 11 is 0. The Hall–Kier alpha value is -0.600. The van der Waals surface area contributed by atoms with Crippen molar-refractivity contribution in [3.63, 3.8) is 0 Å². The molecule has 2 nitrogen and oxygen atoms in total. The third-order valence-electron chi connectivity index (χ3n) is 3.25. The Labute approximate surface area is 92.3 Å². The van der Waals surface area contributed by atoms with Gasteiger partial charge in [0.15, 0.2) is 0 Å². The second-order valence-corrected chi connectivity index (χ2v) is 5.16. The number of rotatable bonds is 2. The molecule has 0 fully saturated rings. The van der Waals surface area contributed by atoms with E-state index in [0.29, 0.717) is 6.42 Å². The van der Waals surface area contributed by atoms with Crippen LogP contribution in [0.2, 0.25) is 0 Å². The maximum atomic E-state index is 10.1. The zero-order valence-corrected chi connectivity index (χ0v) is 10.1. The van der Waals surface area contributed by atoms with Gasteiger partial charge in [0.05, 0.1) is 12.2 Å². The van der Waals surface area contributed by atoms with Crippen LogP contribution in [0.5, 0.6) is 0 Å². The fourth-order valence-corrected chi connectivity index (χ4v) is 2.79. The maximum absolute atomic E-state index is 10.1. The molecule has 2 heteroatoms. The number of aliphatic hydroxyl groups excluding tert-OH is 2. The molecule has 15 heavy (non-hydrogen) atoms. The molecule has 0 aromatic rings. The predicted octanol–water partition coefficient (Wildman–Crippen LogP) is 2.28. The third-order valence-corrected chi connectivity index (χ3v) is 3.25. The number of hydrogen-bond acceptors (Lipinski definition) is 2. The van der Waals surface area contributed by atoms with Crippen LogP contribution in [-0.4, -0.2) is 22.4 Å². The molecule has 3 unspecified atom stereocenters. The van der Waals surface area contributed by atoms with E-state index in [1.807, 2.05) is 32.1 Å². The Kier molecular flexibility index (Phi) is 3.74. The number of aliphatic hydroxyl groups is 2. The lowest BCUT2D eigenvalue weighted by Gasteiger charge is -2.42. The molecule has 0 radical (unpaired) electrons. The summed E-state index contributed by atoms with van der Waals surface area (Å²) in [6.07, 6.45) is 5.45. The van der Waals surface area contributed by atoms with Crippen LogP contribution in [0.4, 0.5) is 0 Å². The molecule has 2 N–H and O–H groups in total. The molecule has 86 valence electrons. The van der Waals surface area contributed by atoms with Gasteiger partial charge in [-0.2, -0.15) is 0 Å². The highest BCUT2D eigenvalue weighted by molar-refractivity contribution is 5.19. The first kappa shape index (κ1) is 12.5. The van der Waals surface area contributed by atoms with E-state index >= 15 is 0 Å². The number of hydrogen-bond donors (Lipinski definition) is 2. The second-order valence-electron chi connectivity index (χ2n) is 5.16. The first-order valence-corrected chi connectivity index (χ1v) is 5.55. The van der Waals surface area contributed by atoms with Gasteiger partial charge in [0.1, 0.15) is 0 Å². The van der Waals surface area contributed by atoms with Gasteiger partial charge in [0.25, 0.3) is 0 Å². The Morgan fingerprint density at radius 3 is 2.60 bits per heavy atom. The lowest BCUT2D eigenvalue weighted by Crippen LogP contribution is -2.39. The molecule has 0 bridgehead atoms. The van der Waals surface area contributed by atoms with Gasteiger partial charge in [0.2, 0.25) is 0 Å². The van der Waals surface area contributed by atoms with Crippen molar-refractivity contribution >= 4 is 0 Å². The molecule has 0 aromatic carbocycles. The molecule has 0 spiro atoms. The lowest BCUT2D eigenvalue weighted by atomic mass is 9.65. The fraction of sp³-hybridized carbons (Fsp3) is 0.692. The largest absolute Gasteiger partial charge is 0.389 e. The van der Waals surface area contributed by atoms with Gasteiger partial charge in [0, 0.05) is 5.92 Å². The Bertz CT molecular complexity index is 276. The van der Waals surface area contributed by atoms with Crippen LogP contribution in [0.25, 0.3) is 0 Å². The molecule has 3 atom stereocenters. The van der Waals surface area contributed by atoms with E-state index in [0.717, 1.165) is 5.57 Å². The van der Waals surface area contributed by atoms with E-state index in [1.54, 1.807) is 0 Å². The van der Waals surface area contributed by atoms with E-state index in [2.05, 4.69) is 13.8 Å². The van der Waals surface area contributed by atoms with Crippen LogP contribution in [0.15, 0.2) is 23.8 Å². The van der Waals surface area contributed by atoms with Crippen molar-refractivity contribution in [3.8, 4) is 0 Å². The normalized spacial score (nSPS) is 32.8. The van der Waals surface area contributed by atoms with E-state index in [1.165, 1.54) is 0 Å². The summed E-state index contributed by atoms with van der Waals surface area (Å²) in [6.45, 7) is 8.10. The minimum Gasteiger partial charge on any atom is -0.389 e. The molecule has 1 aliphatic carbocycles. The smallest absolute Gasteiger partial charge is 0.0791 e. The molecule has 0 amide bonds. The Morgan fingerprint density at radius 2 is 2.13 bits per heavy atom. The molecule has 1 aliphatic rings. The monoisotopic (exact) mass is 210 g/mol. The molecule has 0 saturated carbocycles. The standard InChI is InChI=1S/C13H22O2/c1-5-6-11(15)12-9(2)7-10(14)8-13(12,3)4/h5-7,10-12,14-15H,8H2,1-4H3. The number of allylic oxidation sites excluding steroid dienone is 1. The van der Waals surface area contributed by atoms with E-state index < -0.39 is 6.10 Å². The van der Waals surface area contributed by atoms with Crippen molar-refractivity contribution in [2.24, 2.45) is 11.3 Å². The van der Waals surface area contributed by atoms with Gasteiger partial charge in [-0.25, -0.2) is 0 Å². The molecular weight excluding hydrogens is 188 g/mol. The van der Waals surface area contributed by atoms with Crippen molar-refractivity contribution < 1.29 is 10.2 Å². The van der Waals surface area contributed by atoms with E-state index in [4.69, 9.17) is 0 Å². The Morgan fingerprint density at radius 1 is 1.53 bits per heavy atom. The van der Waals surface area contributed by atoms with Gasteiger partial charge < -0.3 is 10.2 Å².